The molecule has 0 spiro atoms. The zero-order valence-corrected chi connectivity index (χ0v) is 9.39. The molecule has 2 nitrogen and oxygen atoms in total. The van der Waals surface area contributed by atoms with E-state index in [4.69, 9.17) is 5.11 Å². The average Bonchev–Trinajstić information content (AvgIpc) is 2.34. The predicted molar refractivity (Wildman–Crippen MR) is 64.7 cm³/mol. The van der Waals surface area contributed by atoms with Gasteiger partial charge in [0.15, 0.2) is 0 Å². The molecule has 0 saturated heterocycles. The minimum Gasteiger partial charge on any atom is -0.396 e. The van der Waals surface area contributed by atoms with Gasteiger partial charge in [0.25, 0.3) is 0 Å². The molecule has 1 aromatic carbocycles. The smallest absolute Gasteiger partial charge is 0.0899 e. The second-order valence-corrected chi connectivity index (χ2v) is 3.66. The molecular weight excluding hydrogens is 200 g/mol. The van der Waals surface area contributed by atoms with Crippen LogP contribution in [-0.4, -0.2) is 16.8 Å². The van der Waals surface area contributed by atoms with Crippen LogP contribution in [0.4, 0.5) is 0 Å². The Balaban J connectivity index is 2.27. The molecule has 0 aromatic heterocycles. The van der Waals surface area contributed by atoms with Crippen LogP contribution in [0.1, 0.15) is 37.4 Å². The minimum atomic E-state index is -0.494. The standard InChI is InChI=1S/C14H18O2/c15-12-8-3-1-2-7-11-14(16)13-9-5-4-6-10-13/h4-6,9-10,14-16H,1,3,8,11-12H2. The molecule has 1 rings (SSSR count). The Morgan fingerprint density at radius 1 is 1.06 bits per heavy atom. The van der Waals surface area contributed by atoms with Gasteiger partial charge < -0.3 is 10.2 Å². The third-order valence-corrected chi connectivity index (χ3v) is 2.31. The van der Waals surface area contributed by atoms with Gasteiger partial charge in [0.05, 0.1) is 6.10 Å². The lowest BCUT2D eigenvalue weighted by molar-refractivity contribution is 0.184. The molecule has 1 aromatic rings. The number of aliphatic hydroxyl groups excluding tert-OH is 2. The molecular formula is C14H18O2. The molecule has 0 radical (unpaired) electrons. The molecule has 1 atom stereocenters. The zero-order valence-electron chi connectivity index (χ0n) is 9.39. The fourth-order valence-corrected chi connectivity index (χ4v) is 1.38. The summed E-state index contributed by atoms with van der Waals surface area (Å²) in [7, 11) is 0. The molecule has 16 heavy (non-hydrogen) atoms. The second-order valence-electron chi connectivity index (χ2n) is 3.66. The molecule has 0 bridgehead atoms. The highest BCUT2D eigenvalue weighted by Gasteiger charge is 2.03. The van der Waals surface area contributed by atoms with Gasteiger partial charge in [-0.25, -0.2) is 0 Å². The van der Waals surface area contributed by atoms with Crippen molar-refractivity contribution >= 4 is 0 Å². The highest BCUT2D eigenvalue weighted by atomic mass is 16.3. The number of hydrogen-bond donors (Lipinski definition) is 2. The van der Waals surface area contributed by atoms with E-state index in [1.807, 2.05) is 30.3 Å². The van der Waals surface area contributed by atoms with Gasteiger partial charge >= 0.3 is 0 Å². The summed E-state index contributed by atoms with van der Waals surface area (Å²) < 4.78 is 0. The molecule has 1 unspecified atom stereocenters. The first-order valence-electron chi connectivity index (χ1n) is 5.64. The van der Waals surface area contributed by atoms with Crippen LogP contribution < -0.4 is 0 Å². The Kier molecular flexibility index (Phi) is 6.32. The lowest BCUT2D eigenvalue weighted by Crippen LogP contribution is -1.94. The monoisotopic (exact) mass is 218 g/mol. The SMILES string of the molecule is OCCCCC#CCC(O)c1ccccc1. The zero-order chi connectivity index (χ0) is 11.6. The van der Waals surface area contributed by atoms with Crippen molar-refractivity contribution in [3.8, 4) is 11.8 Å². The minimum absolute atomic E-state index is 0.230. The van der Waals surface area contributed by atoms with Gasteiger partial charge in [0.2, 0.25) is 0 Å². The van der Waals surface area contributed by atoms with Gasteiger partial charge in [-0.3, -0.25) is 0 Å². The molecule has 2 N–H and O–H groups in total. The van der Waals surface area contributed by atoms with Gasteiger partial charge in [-0.15, -0.1) is 11.8 Å². The summed E-state index contributed by atoms with van der Waals surface area (Å²) in [6.07, 6.45) is 2.50. The Morgan fingerprint density at radius 3 is 2.50 bits per heavy atom. The van der Waals surface area contributed by atoms with Crippen LogP contribution in [-0.2, 0) is 0 Å². The summed E-state index contributed by atoms with van der Waals surface area (Å²) in [6, 6.07) is 9.55. The van der Waals surface area contributed by atoms with Crippen LogP contribution in [0.15, 0.2) is 30.3 Å². The van der Waals surface area contributed by atoms with Gasteiger partial charge in [-0.2, -0.15) is 0 Å². The number of hydrogen-bond acceptors (Lipinski definition) is 2. The topological polar surface area (TPSA) is 40.5 Å². The van der Waals surface area contributed by atoms with Crippen LogP contribution in [0.3, 0.4) is 0 Å². The fourth-order valence-electron chi connectivity index (χ4n) is 1.38. The Morgan fingerprint density at radius 2 is 1.81 bits per heavy atom. The largest absolute Gasteiger partial charge is 0.396 e. The maximum Gasteiger partial charge on any atom is 0.0899 e. The molecule has 0 saturated carbocycles. The Labute approximate surface area is 96.9 Å². The van der Waals surface area contributed by atoms with Crippen LogP contribution in [0.2, 0.25) is 0 Å². The molecule has 0 aliphatic carbocycles. The lowest BCUT2D eigenvalue weighted by Gasteiger charge is -2.05. The highest BCUT2D eigenvalue weighted by molar-refractivity contribution is 5.19. The van der Waals surface area contributed by atoms with Gasteiger partial charge in [0, 0.05) is 19.4 Å². The quantitative estimate of drug-likeness (QED) is 0.588. The first kappa shape index (κ1) is 12.8. The number of unbranched alkanes of at least 4 members (excludes halogenated alkanes) is 2. The second kappa shape index (κ2) is 7.92. The number of rotatable bonds is 5. The van der Waals surface area contributed by atoms with Crippen molar-refractivity contribution in [2.45, 2.75) is 31.8 Å². The summed E-state index contributed by atoms with van der Waals surface area (Å²) >= 11 is 0. The van der Waals surface area contributed by atoms with Gasteiger partial charge in [-0.1, -0.05) is 30.3 Å². The van der Waals surface area contributed by atoms with Gasteiger partial charge in [-0.05, 0) is 18.4 Å². The highest BCUT2D eigenvalue weighted by Crippen LogP contribution is 2.14. The summed E-state index contributed by atoms with van der Waals surface area (Å²) in [5.74, 6) is 5.96. The van der Waals surface area contributed by atoms with E-state index < -0.39 is 6.10 Å². The molecule has 0 heterocycles. The first-order chi connectivity index (χ1) is 7.84. The first-order valence-corrected chi connectivity index (χ1v) is 5.64. The summed E-state index contributed by atoms with van der Waals surface area (Å²) in [5.41, 5.74) is 0.909. The van der Waals surface area contributed by atoms with Crippen molar-refractivity contribution in [1.29, 1.82) is 0 Å². The molecule has 0 aliphatic heterocycles. The third-order valence-electron chi connectivity index (χ3n) is 2.31. The summed E-state index contributed by atoms with van der Waals surface area (Å²) in [6.45, 7) is 0.230. The van der Waals surface area contributed by atoms with Crippen molar-refractivity contribution < 1.29 is 10.2 Å². The maximum atomic E-state index is 9.78. The van der Waals surface area contributed by atoms with E-state index in [0.717, 1.165) is 24.8 Å². The number of benzene rings is 1. The molecule has 0 aliphatic rings. The van der Waals surface area contributed by atoms with E-state index in [-0.39, 0.29) is 6.61 Å². The maximum absolute atomic E-state index is 9.78. The summed E-state index contributed by atoms with van der Waals surface area (Å²) in [4.78, 5) is 0. The van der Waals surface area contributed by atoms with Crippen LogP contribution in [0, 0.1) is 11.8 Å². The summed E-state index contributed by atoms with van der Waals surface area (Å²) in [5, 5.41) is 18.4. The molecule has 86 valence electrons. The van der Waals surface area contributed by atoms with E-state index in [1.54, 1.807) is 0 Å². The van der Waals surface area contributed by atoms with E-state index in [9.17, 15) is 5.11 Å². The van der Waals surface area contributed by atoms with Gasteiger partial charge in [0.1, 0.15) is 0 Å². The van der Waals surface area contributed by atoms with E-state index in [0.29, 0.717) is 6.42 Å². The Hall–Kier alpha value is -1.30. The van der Waals surface area contributed by atoms with Crippen molar-refractivity contribution in [1.82, 2.24) is 0 Å². The van der Waals surface area contributed by atoms with E-state index in [1.165, 1.54) is 0 Å². The third kappa shape index (κ3) is 4.97. The van der Waals surface area contributed by atoms with Crippen molar-refractivity contribution in [2.24, 2.45) is 0 Å². The van der Waals surface area contributed by atoms with Crippen LogP contribution in [0.25, 0.3) is 0 Å². The lowest BCUT2D eigenvalue weighted by atomic mass is 10.1. The van der Waals surface area contributed by atoms with Crippen molar-refractivity contribution in [2.75, 3.05) is 6.61 Å². The predicted octanol–water partition coefficient (Wildman–Crippen LogP) is 2.28. The van der Waals surface area contributed by atoms with Crippen molar-refractivity contribution in [3.63, 3.8) is 0 Å². The fraction of sp³-hybridized carbons (Fsp3) is 0.429. The molecule has 0 amide bonds. The molecule has 0 fully saturated rings. The van der Waals surface area contributed by atoms with E-state index >= 15 is 0 Å². The molecule has 2 heteroatoms. The van der Waals surface area contributed by atoms with Crippen LogP contribution >= 0.6 is 0 Å². The average molecular weight is 218 g/mol. The van der Waals surface area contributed by atoms with Crippen molar-refractivity contribution in [3.05, 3.63) is 35.9 Å². The van der Waals surface area contributed by atoms with E-state index in [2.05, 4.69) is 11.8 Å². The van der Waals surface area contributed by atoms with Crippen LogP contribution in [0.5, 0.6) is 0 Å². The number of aliphatic hydroxyl groups is 2. The Bertz CT molecular complexity index is 335. The normalized spacial score (nSPS) is 11.6.